The Morgan fingerprint density at radius 3 is 2.80 bits per heavy atom. The van der Waals surface area contributed by atoms with Crippen LogP contribution in [-0.4, -0.2) is 60.5 Å². The number of pyridine rings is 1. The highest BCUT2D eigenvalue weighted by atomic mass is 32.1. The van der Waals surface area contributed by atoms with Crippen molar-refractivity contribution in [3.05, 3.63) is 70.6 Å². The topological polar surface area (TPSA) is 80.8 Å². The highest BCUT2D eigenvalue weighted by molar-refractivity contribution is 7.17. The van der Waals surface area contributed by atoms with E-state index in [0.717, 1.165) is 16.0 Å². The number of carbonyl (C=O) groups is 2. The summed E-state index contributed by atoms with van der Waals surface area (Å²) in [6.07, 6.45) is 3.57. The van der Waals surface area contributed by atoms with Gasteiger partial charge in [-0.15, -0.1) is 11.3 Å². The van der Waals surface area contributed by atoms with Crippen LogP contribution < -0.4 is 10.1 Å². The van der Waals surface area contributed by atoms with Crippen LogP contribution in [0.1, 0.15) is 33.8 Å². The van der Waals surface area contributed by atoms with E-state index < -0.39 is 6.04 Å². The molecular weight excluding hydrogens is 469 g/mol. The molecule has 2 atom stereocenters. The van der Waals surface area contributed by atoms with Gasteiger partial charge in [0.1, 0.15) is 23.7 Å². The molecule has 1 amide bonds. The second kappa shape index (κ2) is 10.2. The average Bonchev–Trinajstić information content (AvgIpc) is 3.51. The number of benzene rings is 1. The summed E-state index contributed by atoms with van der Waals surface area (Å²) >= 11 is 1.32. The van der Waals surface area contributed by atoms with Crippen LogP contribution >= 0.6 is 11.3 Å². The third kappa shape index (κ3) is 5.12. The number of carbonyl (C=O) groups excluding carboxylic acids is 2. The molecule has 2 aromatic heterocycles. The summed E-state index contributed by atoms with van der Waals surface area (Å²) < 4.78 is 26.1. The number of halogens is 1. The lowest BCUT2D eigenvalue weighted by molar-refractivity contribution is -0.128. The van der Waals surface area contributed by atoms with Crippen LogP contribution in [0.5, 0.6) is 5.75 Å². The smallest absolute Gasteiger partial charge is 0.242 e. The molecule has 5 rings (SSSR count). The number of amides is 1. The minimum Gasteiger partial charge on any atom is -0.487 e. The fourth-order valence-corrected chi connectivity index (χ4v) is 5.49. The molecule has 1 N–H and O–H groups in total. The fourth-order valence-electron chi connectivity index (χ4n) is 4.58. The zero-order valence-electron chi connectivity index (χ0n) is 19.3. The number of Topliss-reactive ketones (excluding diaryl/α,β-unsaturated/α-hetero) is 1. The number of morpholine rings is 1. The molecule has 9 heteroatoms. The standard InChI is InChI=1S/C26H26FN3O4S/c1-16(31)22-4-5-23(35-22)21-13-19(27)11-18-12-20(34-25(18)21)15-29-26(32)24(17-3-2-6-28-14-17)30-7-9-33-10-8-30/h2-6,11,13-14,20,24H,7-10,12,15H2,1H3,(H,29,32)/t20-,24-/m0/s1. The zero-order chi connectivity index (χ0) is 24.4. The first-order valence-corrected chi connectivity index (χ1v) is 12.4. The van der Waals surface area contributed by atoms with Gasteiger partial charge >= 0.3 is 0 Å². The predicted molar refractivity (Wildman–Crippen MR) is 130 cm³/mol. The summed E-state index contributed by atoms with van der Waals surface area (Å²) in [7, 11) is 0. The summed E-state index contributed by atoms with van der Waals surface area (Å²) in [5.74, 6) is 0.0998. The van der Waals surface area contributed by atoms with E-state index in [0.29, 0.717) is 55.5 Å². The maximum Gasteiger partial charge on any atom is 0.242 e. The van der Waals surface area contributed by atoms with Crippen LogP contribution in [0.15, 0.2) is 48.8 Å². The minimum absolute atomic E-state index is 0.0285. The summed E-state index contributed by atoms with van der Waals surface area (Å²) in [6.45, 7) is 4.27. The van der Waals surface area contributed by atoms with Gasteiger partial charge in [0.2, 0.25) is 5.91 Å². The Bertz CT molecular complexity index is 1230. The maximum atomic E-state index is 14.4. The first kappa shape index (κ1) is 23.6. The van der Waals surface area contributed by atoms with Gasteiger partial charge in [0.15, 0.2) is 5.78 Å². The molecular formula is C26H26FN3O4S. The van der Waals surface area contributed by atoms with E-state index in [1.54, 1.807) is 18.5 Å². The minimum atomic E-state index is -0.472. The van der Waals surface area contributed by atoms with Crippen LogP contribution in [0.25, 0.3) is 10.4 Å². The van der Waals surface area contributed by atoms with Gasteiger partial charge < -0.3 is 14.8 Å². The third-order valence-corrected chi connectivity index (χ3v) is 7.46. The van der Waals surface area contributed by atoms with Crippen molar-refractivity contribution >= 4 is 23.0 Å². The van der Waals surface area contributed by atoms with E-state index in [9.17, 15) is 14.0 Å². The zero-order valence-corrected chi connectivity index (χ0v) is 20.1. The van der Waals surface area contributed by atoms with E-state index in [-0.39, 0.29) is 23.6 Å². The number of fused-ring (bicyclic) bond motifs is 1. The summed E-state index contributed by atoms with van der Waals surface area (Å²) in [6, 6.07) is 9.73. The lowest BCUT2D eigenvalue weighted by atomic mass is 10.0. The maximum absolute atomic E-state index is 14.4. The van der Waals surface area contributed by atoms with Crippen LogP contribution in [0.2, 0.25) is 0 Å². The first-order valence-electron chi connectivity index (χ1n) is 11.6. The van der Waals surface area contributed by atoms with E-state index in [1.807, 2.05) is 18.2 Å². The van der Waals surface area contributed by atoms with Crippen molar-refractivity contribution in [3.8, 4) is 16.2 Å². The molecule has 2 aliphatic heterocycles. The van der Waals surface area contributed by atoms with Crippen molar-refractivity contribution in [1.29, 1.82) is 0 Å². The molecule has 0 bridgehead atoms. The first-order chi connectivity index (χ1) is 17.0. The van der Waals surface area contributed by atoms with E-state index in [4.69, 9.17) is 9.47 Å². The molecule has 0 aliphatic carbocycles. The van der Waals surface area contributed by atoms with Crippen molar-refractivity contribution in [3.63, 3.8) is 0 Å². The Labute approximate surface area is 206 Å². The largest absolute Gasteiger partial charge is 0.487 e. The normalized spacial score (nSPS) is 18.5. The van der Waals surface area contributed by atoms with Gasteiger partial charge in [0.25, 0.3) is 0 Å². The highest BCUT2D eigenvalue weighted by Gasteiger charge is 2.32. The van der Waals surface area contributed by atoms with E-state index >= 15 is 0 Å². The van der Waals surface area contributed by atoms with Gasteiger partial charge in [-0.1, -0.05) is 6.07 Å². The molecule has 0 radical (unpaired) electrons. The Morgan fingerprint density at radius 2 is 2.09 bits per heavy atom. The van der Waals surface area contributed by atoms with E-state index in [2.05, 4.69) is 15.2 Å². The molecule has 35 heavy (non-hydrogen) atoms. The number of rotatable bonds is 7. The lowest BCUT2D eigenvalue weighted by Gasteiger charge is -2.33. The fraction of sp³-hybridized carbons (Fsp3) is 0.346. The molecule has 3 aromatic rings. The van der Waals surface area contributed by atoms with Gasteiger partial charge in [-0.2, -0.15) is 0 Å². The number of ether oxygens (including phenoxy) is 2. The van der Waals surface area contributed by atoms with Gasteiger partial charge in [-0.05, 0) is 42.8 Å². The van der Waals surface area contributed by atoms with Crippen molar-refractivity contribution in [2.45, 2.75) is 25.5 Å². The number of aromatic nitrogens is 1. The van der Waals surface area contributed by atoms with Crippen LogP contribution in [-0.2, 0) is 16.0 Å². The molecule has 182 valence electrons. The second-order valence-electron chi connectivity index (χ2n) is 8.69. The number of ketones is 1. The Balaban J connectivity index is 1.30. The van der Waals surface area contributed by atoms with Crippen molar-refractivity contribution in [2.75, 3.05) is 32.8 Å². The molecule has 0 unspecified atom stereocenters. The highest BCUT2D eigenvalue weighted by Crippen LogP contribution is 2.42. The third-order valence-electron chi connectivity index (χ3n) is 6.24. The Hall–Kier alpha value is -3.14. The second-order valence-corrected chi connectivity index (χ2v) is 9.77. The van der Waals surface area contributed by atoms with Crippen LogP contribution in [0, 0.1) is 5.82 Å². The van der Waals surface area contributed by atoms with Crippen LogP contribution in [0.4, 0.5) is 4.39 Å². The summed E-state index contributed by atoms with van der Waals surface area (Å²) in [4.78, 5) is 32.7. The summed E-state index contributed by atoms with van der Waals surface area (Å²) in [5, 5.41) is 3.04. The van der Waals surface area contributed by atoms with Crippen molar-refractivity contribution < 1.29 is 23.5 Å². The molecule has 7 nitrogen and oxygen atoms in total. The van der Waals surface area contributed by atoms with Gasteiger partial charge in [-0.25, -0.2) is 4.39 Å². The van der Waals surface area contributed by atoms with Crippen molar-refractivity contribution in [2.24, 2.45) is 0 Å². The van der Waals surface area contributed by atoms with Gasteiger partial charge in [-0.3, -0.25) is 19.5 Å². The van der Waals surface area contributed by atoms with E-state index in [1.165, 1.54) is 30.4 Å². The molecule has 1 fully saturated rings. The quantitative estimate of drug-likeness (QED) is 0.504. The Morgan fingerprint density at radius 1 is 1.26 bits per heavy atom. The van der Waals surface area contributed by atoms with Crippen molar-refractivity contribution in [1.82, 2.24) is 15.2 Å². The molecule has 0 saturated carbocycles. The van der Waals surface area contributed by atoms with Crippen LogP contribution in [0.3, 0.4) is 0 Å². The SMILES string of the molecule is CC(=O)c1ccc(-c2cc(F)cc3c2O[C@H](CNC(=O)[C@H](c2cccnc2)N2CCOCC2)C3)s1. The molecule has 4 heterocycles. The lowest BCUT2D eigenvalue weighted by Crippen LogP contribution is -2.47. The van der Waals surface area contributed by atoms with Gasteiger partial charge in [0, 0.05) is 47.9 Å². The monoisotopic (exact) mass is 495 g/mol. The number of nitrogens with zero attached hydrogens (tertiary/aromatic N) is 2. The number of hydrogen-bond acceptors (Lipinski definition) is 7. The summed E-state index contributed by atoms with van der Waals surface area (Å²) in [5.41, 5.74) is 2.22. The number of nitrogens with one attached hydrogen (secondary N) is 1. The molecule has 0 spiro atoms. The molecule has 1 aromatic carbocycles. The number of thiophene rings is 1. The Kier molecular flexibility index (Phi) is 6.90. The number of hydrogen-bond donors (Lipinski definition) is 1. The predicted octanol–water partition coefficient (Wildman–Crippen LogP) is 3.65. The van der Waals surface area contributed by atoms with Gasteiger partial charge in [0.05, 0.1) is 24.6 Å². The average molecular weight is 496 g/mol. The molecule has 2 aliphatic rings. The molecule has 1 saturated heterocycles.